The highest BCUT2D eigenvalue weighted by molar-refractivity contribution is 5.89. The molecule has 0 atom stereocenters. The second-order valence-corrected chi connectivity index (χ2v) is 4.40. The summed E-state index contributed by atoms with van der Waals surface area (Å²) in [6.07, 6.45) is 1.23. The van der Waals surface area contributed by atoms with Crippen LogP contribution >= 0.6 is 0 Å². The number of rotatable bonds is 6. The Morgan fingerprint density at radius 2 is 1.91 bits per heavy atom. The minimum Gasteiger partial charge on any atom is -0.465 e. The normalized spacial score (nSPS) is 10.0. The molecule has 1 heterocycles. The first kappa shape index (κ1) is 16.1. The largest absolute Gasteiger partial charge is 0.465 e. The van der Waals surface area contributed by atoms with E-state index in [4.69, 9.17) is 0 Å². The van der Waals surface area contributed by atoms with Gasteiger partial charge in [-0.1, -0.05) is 0 Å². The Morgan fingerprint density at radius 1 is 1.26 bits per heavy atom. The Hall–Kier alpha value is -3.23. The molecule has 0 aliphatic rings. The van der Waals surface area contributed by atoms with Crippen molar-refractivity contribution in [1.82, 2.24) is 9.97 Å². The number of methoxy groups -OCH3 is 1. The molecule has 2 aromatic rings. The summed E-state index contributed by atoms with van der Waals surface area (Å²) in [6, 6.07) is 6.30. The smallest absolute Gasteiger partial charge is 0.353 e. The van der Waals surface area contributed by atoms with E-state index in [-0.39, 0.29) is 17.3 Å². The van der Waals surface area contributed by atoms with Gasteiger partial charge in [0.05, 0.1) is 17.6 Å². The minimum atomic E-state index is -0.552. The Morgan fingerprint density at radius 3 is 2.48 bits per heavy atom. The molecular formula is C14H15N5O4. The van der Waals surface area contributed by atoms with Crippen LogP contribution in [0, 0.1) is 10.1 Å². The number of nitrogens with one attached hydrogen (secondary N) is 2. The number of anilines is 3. The average molecular weight is 317 g/mol. The van der Waals surface area contributed by atoms with Crippen LogP contribution in [0.25, 0.3) is 0 Å². The number of nitro groups is 1. The molecule has 0 aliphatic heterocycles. The van der Waals surface area contributed by atoms with Crippen molar-refractivity contribution in [3.8, 4) is 0 Å². The van der Waals surface area contributed by atoms with E-state index in [1.807, 2.05) is 6.92 Å². The fourth-order valence-corrected chi connectivity index (χ4v) is 1.88. The lowest BCUT2D eigenvalue weighted by atomic mass is 10.2. The molecule has 2 N–H and O–H groups in total. The Bertz CT molecular complexity index is 718. The Labute approximate surface area is 131 Å². The highest BCUT2D eigenvalue weighted by Gasteiger charge is 2.22. The van der Waals surface area contributed by atoms with Gasteiger partial charge in [0.1, 0.15) is 6.33 Å². The first-order valence-corrected chi connectivity index (χ1v) is 6.75. The van der Waals surface area contributed by atoms with Gasteiger partial charge in [-0.25, -0.2) is 14.8 Å². The van der Waals surface area contributed by atoms with E-state index in [9.17, 15) is 14.9 Å². The van der Waals surface area contributed by atoms with Crippen molar-refractivity contribution < 1.29 is 14.5 Å². The van der Waals surface area contributed by atoms with Crippen molar-refractivity contribution in [2.75, 3.05) is 24.3 Å². The zero-order valence-electron chi connectivity index (χ0n) is 12.6. The number of hydrogen-bond donors (Lipinski definition) is 2. The summed E-state index contributed by atoms with van der Waals surface area (Å²) < 4.78 is 4.61. The van der Waals surface area contributed by atoms with Gasteiger partial charge < -0.3 is 15.4 Å². The van der Waals surface area contributed by atoms with Gasteiger partial charge in [-0.2, -0.15) is 0 Å². The quantitative estimate of drug-likeness (QED) is 0.473. The van der Waals surface area contributed by atoms with Crippen molar-refractivity contribution in [3.05, 3.63) is 46.3 Å². The van der Waals surface area contributed by atoms with Crippen LogP contribution in [-0.2, 0) is 4.74 Å². The first-order chi connectivity index (χ1) is 11.1. The van der Waals surface area contributed by atoms with Gasteiger partial charge in [-0.05, 0) is 31.2 Å². The van der Waals surface area contributed by atoms with Crippen LogP contribution in [0.2, 0.25) is 0 Å². The minimum absolute atomic E-state index is 0.0618. The summed E-state index contributed by atoms with van der Waals surface area (Å²) >= 11 is 0. The molecule has 120 valence electrons. The second-order valence-electron chi connectivity index (χ2n) is 4.40. The molecule has 0 fully saturated rings. The fraction of sp³-hybridized carbons (Fsp3) is 0.214. The van der Waals surface area contributed by atoms with Crippen molar-refractivity contribution in [2.45, 2.75) is 6.92 Å². The zero-order valence-corrected chi connectivity index (χ0v) is 12.6. The summed E-state index contributed by atoms with van der Waals surface area (Å²) in [7, 11) is 1.29. The number of hydrogen-bond acceptors (Lipinski definition) is 8. The third-order valence-corrected chi connectivity index (χ3v) is 2.92. The molecule has 0 unspecified atom stereocenters. The highest BCUT2D eigenvalue weighted by atomic mass is 16.6. The summed E-state index contributed by atoms with van der Waals surface area (Å²) in [4.78, 5) is 29.9. The monoisotopic (exact) mass is 317 g/mol. The predicted molar refractivity (Wildman–Crippen MR) is 83.9 cm³/mol. The molecule has 1 aromatic carbocycles. The Balaban J connectivity index is 2.31. The van der Waals surface area contributed by atoms with Crippen molar-refractivity contribution in [2.24, 2.45) is 0 Å². The standard InChI is InChI=1S/C14H15N5O4/c1-3-15-12-11(19(21)22)13(17-8-16-12)18-10-6-4-9(5-7-10)14(20)23-2/h4-8H,3H2,1-2H3,(H2,15,16,17,18). The second kappa shape index (κ2) is 7.16. The Kier molecular flexibility index (Phi) is 5.03. The van der Waals surface area contributed by atoms with Gasteiger partial charge in [0.15, 0.2) is 0 Å². The molecule has 1 aromatic heterocycles. The van der Waals surface area contributed by atoms with E-state index in [1.165, 1.54) is 13.4 Å². The van der Waals surface area contributed by atoms with Crippen LogP contribution in [0.4, 0.5) is 23.0 Å². The van der Waals surface area contributed by atoms with Gasteiger partial charge >= 0.3 is 11.7 Å². The van der Waals surface area contributed by atoms with E-state index in [1.54, 1.807) is 24.3 Å². The molecule has 0 saturated carbocycles. The van der Waals surface area contributed by atoms with Crippen molar-refractivity contribution in [1.29, 1.82) is 0 Å². The number of esters is 1. The third kappa shape index (κ3) is 3.70. The predicted octanol–water partition coefficient (Wildman–Crippen LogP) is 2.35. The molecule has 9 heteroatoms. The zero-order chi connectivity index (χ0) is 16.8. The van der Waals surface area contributed by atoms with E-state index in [0.717, 1.165) is 0 Å². The molecule has 0 aliphatic carbocycles. The van der Waals surface area contributed by atoms with Crippen molar-refractivity contribution >= 4 is 29.0 Å². The molecule has 0 amide bonds. The summed E-state index contributed by atoms with van der Waals surface area (Å²) in [6.45, 7) is 2.30. The highest BCUT2D eigenvalue weighted by Crippen LogP contribution is 2.30. The van der Waals surface area contributed by atoms with Crippen LogP contribution in [0.1, 0.15) is 17.3 Å². The van der Waals surface area contributed by atoms with Crippen molar-refractivity contribution in [3.63, 3.8) is 0 Å². The molecule has 0 spiro atoms. The maximum Gasteiger partial charge on any atom is 0.353 e. The summed E-state index contributed by atoms with van der Waals surface area (Å²) in [5, 5.41) is 16.9. The fourth-order valence-electron chi connectivity index (χ4n) is 1.88. The number of nitrogens with zero attached hydrogens (tertiary/aromatic N) is 3. The molecule has 9 nitrogen and oxygen atoms in total. The lowest BCUT2D eigenvalue weighted by Gasteiger charge is -2.09. The van der Waals surface area contributed by atoms with E-state index >= 15 is 0 Å². The third-order valence-electron chi connectivity index (χ3n) is 2.92. The number of carbonyl (C=O) groups excluding carboxylic acids is 1. The SMILES string of the molecule is CCNc1ncnc(Nc2ccc(C(=O)OC)cc2)c1[N+](=O)[O-]. The molecular weight excluding hydrogens is 302 g/mol. The molecule has 0 radical (unpaired) electrons. The van der Waals surface area contributed by atoms with Crippen LogP contribution in [-0.4, -0.2) is 34.5 Å². The lowest BCUT2D eigenvalue weighted by Crippen LogP contribution is -2.07. The number of ether oxygens (including phenoxy) is 1. The van der Waals surface area contributed by atoms with E-state index < -0.39 is 10.9 Å². The molecule has 0 saturated heterocycles. The van der Waals surface area contributed by atoms with E-state index in [0.29, 0.717) is 17.8 Å². The summed E-state index contributed by atoms with van der Waals surface area (Å²) in [5.41, 5.74) is 0.678. The summed E-state index contributed by atoms with van der Waals surface area (Å²) in [5.74, 6) is -0.257. The average Bonchev–Trinajstić information content (AvgIpc) is 2.55. The molecule has 0 bridgehead atoms. The van der Waals surface area contributed by atoms with Gasteiger partial charge in [-0.3, -0.25) is 10.1 Å². The van der Waals surface area contributed by atoms with Crippen LogP contribution in [0.3, 0.4) is 0 Å². The van der Waals surface area contributed by atoms with E-state index in [2.05, 4.69) is 25.3 Å². The molecule has 23 heavy (non-hydrogen) atoms. The van der Waals surface area contributed by atoms with Gasteiger partial charge in [0.25, 0.3) is 0 Å². The molecule has 2 rings (SSSR count). The van der Waals surface area contributed by atoms with Crippen LogP contribution in [0.5, 0.6) is 0 Å². The number of carbonyl (C=O) groups is 1. The first-order valence-electron chi connectivity index (χ1n) is 6.75. The van der Waals surface area contributed by atoms with Gasteiger partial charge in [0.2, 0.25) is 11.6 Å². The van der Waals surface area contributed by atoms with Gasteiger partial charge in [0, 0.05) is 12.2 Å². The number of benzene rings is 1. The van der Waals surface area contributed by atoms with Crippen LogP contribution in [0.15, 0.2) is 30.6 Å². The van der Waals surface area contributed by atoms with Crippen LogP contribution < -0.4 is 10.6 Å². The topological polar surface area (TPSA) is 119 Å². The number of aromatic nitrogens is 2. The van der Waals surface area contributed by atoms with Gasteiger partial charge in [-0.15, -0.1) is 0 Å². The lowest BCUT2D eigenvalue weighted by molar-refractivity contribution is -0.383. The maximum atomic E-state index is 11.4. The maximum absolute atomic E-state index is 11.4.